The predicted molar refractivity (Wildman–Crippen MR) is 68.8 cm³/mol. The van der Waals surface area contributed by atoms with Crippen LogP contribution in [-0.4, -0.2) is 25.5 Å². The fraction of sp³-hybridized carbons (Fsp3) is 0.364. The van der Waals surface area contributed by atoms with Gasteiger partial charge in [-0.05, 0) is 13.8 Å². The van der Waals surface area contributed by atoms with E-state index in [1.54, 1.807) is 21.8 Å². The maximum absolute atomic E-state index is 12.0. The number of nitrogens with one attached hydrogen (secondary N) is 1. The summed E-state index contributed by atoms with van der Waals surface area (Å²) < 4.78 is 3.30. The molecule has 0 aliphatic rings. The molecular formula is C11H14ClN5O. The largest absolute Gasteiger partial charge is 0.318 e. The summed E-state index contributed by atoms with van der Waals surface area (Å²) in [5.41, 5.74) is 1.75. The van der Waals surface area contributed by atoms with Crippen LogP contribution in [0.4, 0.5) is 5.69 Å². The molecule has 2 heterocycles. The van der Waals surface area contributed by atoms with Gasteiger partial charge in [-0.25, -0.2) is 0 Å². The Morgan fingerprint density at radius 3 is 2.78 bits per heavy atom. The van der Waals surface area contributed by atoms with Crippen molar-refractivity contribution in [3.8, 4) is 0 Å². The van der Waals surface area contributed by atoms with Gasteiger partial charge < -0.3 is 5.32 Å². The fourth-order valence-electron chi connectivity index (χ4n) is 1.52. The van der Waals surface area contributed by atoms with E-state index in [4.69, 9.17) is 11.6 Å². The predicted octanol–water partition coefficient (Wildman–Crippen LogP) is 1.85. The van der Waals surface area contributed by atoms with Crippen molar-refractivity contribution >= 4 is 23.2 Å². The lowest BCUT2D eigenvalue weighted by molar-refractivity contribution is 0.102. The molecule has 18 heavy (non-hydrogen) atoms. The van der Waals surface area contributed by atoms with Gasteiger partial charge in [0.05, 0.1) is 22.6 Å². The second-order valence-electron chi connectivity index (χ2n) is 3.90. The van der Waals surface area contributed by atoms with Crippen molar-refractivity contribution in [3.63, 3.8) is 0 Å². The molecule has 1 amide bonds. The molecule has 6 nitrogen and oxygen atoms in total. The van der Waals surface area contributed by atoms with Crippen LogP contribution in [0.5, 0.6) is 0 Å². The Hall–Kier alpha value is -1.82. The number of anilines is 1. The first-order valence-corrected chi connectivity index (χ1v) is 5.93. The van der Waals surface area contributed by atoms with Crippen LogP contribution in [-0.2, 0) is 13.6 Å². The third-order valence-corrected chi connectivity index (χ3v) is 3.02. The second-order valence-corrected chi connectivity index (χ2v) is 4.31. The molecule has 0 spiro atoms. The highest BCUT2D eigenvalue weighted by atomic mass is 35.5. The van der Waals surface area contributed by atoms with E-state index in [-0.39, 0.29) is 11.6 Å². The number of aromatic nitrogens is 4. The maximum atomic E-state index is 12.0. The molecule has 0 radical (unpaired) electrons. The minimum absolute atomic E-state index is 0.224. The highest BCUT2D eigenvalue weighted by Crippen LogP contribution is 2.17. The Balaban J connectivity index is 2.21. The van der Waals surface area contributed by atoms with Gasteiger partial charge in [-0.2, -0.15) is 10.2 Å². The number of carbonyl (C=O) groups is 1. The summed E-state index contributed by atoms with van der Waals surface area (Å²) in [6.07, 6.45) is 3.23. The molecule has 96 valence electrons. The van der Waals surface area contributed by atoms with E-state index in [1.165, 1.54) is 0 Å². The van der Waals surface area contributed by atoms with Crippen LogP contribution in [0.3, 0.4) is 0 Å². The lowest BCUT2D eigenvalue weighted by atomic mass is 10.3. The van der Waals surface area contributed by atoms with Gasteiger partial charge in [-0.1, -0.05) is 11.6 Å². The lowest BCUT2D eigenvalue weighted by Gasteiger charge is -2.02. The summed E-state index contributed by atoms with van der Waals surface area (Å²) in [5, 5.41) is 11.2. The maximum Gasteiger partial charge on any atom is 0.277 e. The molecule has 0 aliphatic carbocycles. The molecule has 7 heteroatoms. The third kappa shape index (κ3) is 2.24. The lowest BCUT2D eigenvalue weighted by Crippen LogP contribution is -2.14. The molecule has 0 bridgehead atoms. The molecule has 0 aliphatic heterocycles. The number of rotatable bonds is 3. The Morgan fingerprint density at radius 1 is 1.56 bits per heavy atom. The molecule has 0 fully saturated rings. The normalized spacial score (nSPS) is 10.7. The van der Waals surface area contributed by atoms with E-state index in [2.05, 4.69) is 15.5 Å². The molecular weight excluding hydrogens is 254 g/mol. The van der Waals surface area contributed by atoms with Crippen LogP contribution in [0, 0.1) is 6.92 Å². The van der Waals surface area contributed by atoms with Crippen LogP contribution in [0.2, 0.25) is 5.02 Å². The standard InChI is InChI=1S/C11H14ClN5O/c1-4-17-6-8(12)10(15-17)11(18)14-9-5-13-16(3)7(9)2/h5-6H,4H2,1-3H3,(H,14,18). The number of carbonyl (C=O) groups excluding carboxylic acids is 1. The minimum Gasteiger partial charge on any atom is -0.318 e. The van der Waals surface area contributed by atoms with Crippen LogP contribution in [0.1, 0.15) is 23.1 Å². The van der Waals surface area contributed by atoms with E-state index in [0.29, 0.717) is 17.3 Å². The number of halogens is 1. The van der Waals surface area contributed by atoms with E-state index >= 15 is 0 Å². The fourth-order valence-corrected chi connectivity index (χ4v) is 1.75. The monoisotopic (exact) mass is 267 g/mol. The van der Waals surface area contributed by atoms with Gasteiger partial charge in [-0.15, -0.1) is 0 Å². The van der Waals surface area contributed by atoms with E-state index in [9.17, 15) is 4.79 Å². The number of nitrogens with zero attached hydrogens (tertiary/aromatic N) is 4. The van der Waals surface area contributed by atoms with Crippen LogP contribution in [0.25, 0.3) is 0 Å². The first-order valence-electron chi connectivity index (χ1n) is 5.55. The summed E-state index contributed by atoms with van der Waals surface area (Å²) in [5.74, 6) is -0.330. The van der Waals surface area contributed by atoms with Crippen molar-refractivity contribution in [3.05, 3.63) is 28.8 Å². The molecule has 0 saturated heterocycles. The summed E-state index contributed by atoms with van der Waals surface area (Å²) in [7, 11) is 1.81. The Labute approximate surface area is 110 Å². The van der Waals surface area contributed by atoms with E-state index in [1.807, 2.05) is 20.9 Å². The topological polar surface area (TPSA) is 64.7 Å². The Morgan fingerprint density at radius 2 is 2.28 bits per heavy atom. The average Bonchev–Trinajstić information content (AvgIpc) is 2.86. The van der Waals surface area contributed by atoms with E-state index < -0.39 is 0 Å². The van der Waals surface area contributed by atoms with Crippen LogP contribution >= 0.6 is 11.6 Å². The average molecular weight is 268 g/mol. The van der Waals surface area contributed by atoms with Crippen LogP contribution < -0.4 is 5.32 Å². The number of hydrogen-bond acceptors (Lipinski definition) is 3. The summed E-state index contributed by atoms with van der Waals surface area (Å²) >= 11 is 5.96. The second kappa shape index (κ2) is 4.81. The number of amides is 1. The van der Waals surface area contributed by atoms with Crippen molar-refractivity contribution in [1.29, 1.82) is 0 Å². The Kier molecular flexibility index (Phi) is 3.38. The van der Waals surface area contributed by atoms with Gasteiger partial charge in [0.2, 0.25) is 0 Å². The molecule has 0 atom stereocenters. The molecule has 0 unspecified atom stereocenters. The zero-order chi connectivity index (χ0) is 13.3. The van der Waals surface area contributed by atoms with Gasteiger partial charge >= 0.3 is 0 Å². The SMILES string of the molecule is CCn1cc(Cl)c(C(=O)Nc2cnn(C)c2C)n1. The van der Waals surface area contributed by atoms with Gasteiger partial charge in [0.15, 0.2) is 5.69 Å². The van der Waals surface area contributed by atoms with Crippen molar-refractivity contribution in [1.82, 2.24) is 19.6 Å². The zero-order valence-electron chi connectivity index (χ0n) is 10.4. The van der Waals surface area contributed by atoms with E-state index in [0.717, 1.165) is 5.69 Å². The van der Waals surface area contributed by atoms with Crippen molar-refractivity contribution < 1.29 is 4.79 Å². The van der Waals surface area contributed by atoms with Gasteiger partial charge in [0, 0.05) is 19.8 Å². The molecule has 0 saturated carbocycles. The first-order chi connectivity index (χ1) is 8.52. The van der Waals surface area contributed by atoms with Crippen molar-refractivity contribution in [2.24, 2.45) is 7.05 Å². The van der Waals surface area contributed by atoms with Gasteiger partial charge in [-0.3, -0.25) is 14.2 Å². The number of hydrogen-bond donors (Lipinski definition) is 1. The number of aryl methyl sites for hydroxylation is 2. The smallest absolute Gasteiger partial charge is 0.277 e. The zero-order valence-corrected chi connectivity index (χ0v) is 11.2. The van der Waals surface area contributed by atoms with Crippen molar-refractivity contribution in [2.45, 2.75) is 20.4 Å². The minimum atomic E-state index is -0.330. The quantitative estimate of drug-likeness (QED) is 0.923. The highest BCUT2D eigenvalue weighted by Gasteiger charge is 2.17. The molecule has 1 N–H and O–H groups in total. The summed E-state index contributed by atoms with van der Waals surface area (Å²) in [6.45, 7) is 4.46. The van der Waals surface area contributed by atoms with Gasteiger partial charge in [0.25, 0.3) is 5.91 Å². The Bertz CT molecular complexity index is 586. The highest BCUT2D eigenvalue weighted by molar-refractivity contribution is 6.34. The molecule has 2 rings (SSSR count). The third-order valence-electron chi connectivity index (χ3n) is 2.74. The molecule has 2 aromatic rings. The summed E-state index contributed by atoms with van der Waals surface area (Å²) in [6, 6.07) is 0. The van der Waals surface area contributed by atoms with Crippen LogP contribution in [0.15, 0.2) is 12.4 Å². The molecule has 0 aromatic carbocycles. The molecule has 2 aromatic heterocycles. The van der Waals surface area contributed by atoms with Crippen molar-refractivity contribution in [2.75, 3.05) is 5.32 Å². The van der Waals surface area contributed by atoms with Gasteiger partial charge in [0.1, 0.15) is 0 Å². The summed E-state index contributed by atoms with van der Waals surface area (Å²) in [4.78, 5) is 12.0. The first kappa shape index (κ1) is 12.6.